The molecule has 4 N–H and O–H groups in total. The molecule has 0 radical (unpaired) electrons. The van der Waals surface area contributed by atoms with Crippen LogP contribution in [0.25, 0.3) is 0 Å². The first-order chi connectivity index (χ1) is 14.1. The van der Waals surface area contributed by atoms with E-state index >= 15 is 0 Å². The zero-order chi connectivity index (χ0) is 20.6. The highest BCUT2D eigenvalue weighted by Gasteiger charge is 2.15. The number of hydrogen-bond donors (Lipinski definition) is 3. The van der Waals surface area contributed by atoms with Crippen LogP contribution in [0.5, 0.6) is 0 Å². The summed E-state index contributed by atoms with van der Waals surface area (Å²) in [6.07, 6.45) is 1.43. The number of nitriles is 1. The summed E-state index contributed by atoms with van der Waals surface area (Å²) in [5, 5.41) is 15.6. The van der Waals surface area contributed by atoms with E-state index in [0.29, 0.717) is 16.4 Å². The van der Waals surface area contributed by atoms with Crippen LogP contribution in [-0.4, -0.2) is 5.91 Å². The maximum atomic E-state index is 12.5. The molecule has 0 aromatic heterocycles. The fraction of sp³-hybridized carbons (Fsp3) is 0.0435. The van der Waals surface area contributed by atoms with E-state index in [0.717, 1.165) is 11.1 Å². The van der Waals surface area contributed by atoms with Crippen molar-refractivity contribution in [1.82, 2.24) is 5.32 Å². The van der Waals surface area contributed by atoms with Gasteiger partial charge in [-0.2, -0.15) is 5.26 Å². The number of anilines is 2. The maximum absolute atomic E-state index is 12.5. The molecule has 29 heavy (non-hydrogen) atoms. The van der Waals surface area contributed by atoms with E-state index in [1.54, 1.807) is 12.1 Å². The molecule has 3 aromatic carbocycles. The topological polar surface area (TPSA) is 90.9 Å². The van der Waals surface area contributed by atoms with Crippen molar-refractivity contribution in [3.05, 3.63) is 107 Å². The van der Waals surface area contributed by atoms with Crippen LogP contribution < -0.4 is 16.4 Å². The van der Waals surface area contributed by atoms with Gasteiger partial charge < -0.3 is 16.4 Å². The number of nitrogens with zero attached hydrogens (tertiary/aromatic N) is 1. The Hall–Kier alpha value is -3.75. The molecular weight excluding hydrogens is 384 g/mol. The first kappa shape index (κ1) is 20.0. The van der Waals surface area contributed by atoms with Crippen molar-refractivity contribution < 1.29 is 4.79 Å². The van der Waals surface area contributed by atoms with Crippen LogP contribution in [0.4, 0.5) is 11.4 Å². The van der Waals surface area contributed by atoms with Crippen LogP contribution in [0.1, 0.15) is 17.2 Å². The Labute approximate surface area is 174 Å². The molecule has 0 spiro atoms. The van der Waals surface area contributed by atoms with Gasteiger partial charge in [0.2, 0.25) is 0 Å². The Balaban J connectivity index is 1.82. The van der Waals surface area contributed by atoms with Gasteiger partial charge in [-0.1, -0.05) is 72.3 Å². The summed E-state index contributed by atoms with van der Waals surface area (Å²) in [6, 6.07) is 26.1. The molecular formula is C23H19ClN4O. The lowest BCUT2D eigenvalue weighted by molar-refractivity contribution is -0.112. The number of nitrogens with one attached hydrogen (secondary N) is 2. The molecule has 0 aliphatic carbocycles. The predicted molar refractivity (Wildman–Crippen MR) is 116 cm³/mol. The Kier molecular flexibility index (Phi) is 6.51. The van der Waals surface area contributed by atoms with Crippen molar-refractivity contribution in [1.29, 1.82) is 5.26 Å². The van der Waals surface area contributed by atoms with Crippen LogP contribution in [0, 0.1) is 11.3 Å². The summed E-state index contributed by atoms with van der Waals surface area (Å²) in [4.78, 5) is 12.5. The van der Waals surface area contributed by atoms with Gasteiger partial charge in [0.05, 0.1) is 16.8 Å². The van der Waals surface area contributed by atoms with E-state index in [1.165, 1.54) is 12.3 Å². The highest BCUT2D eigenvalue weighted by molar-refractivity contribution is 6.33. The maximum Gasteiger partial charge on any atom is 0.267 e. The quantitative estimate of drug-likeness (QED) is 0.318. The molecule has 0 aliphatic heterocycles. The average Bonchev–Trinajstić information content (AvgIpc) is 2.75. The molecule has 0 heterocycles. The minimum Gasteiger partial charge on any atom is -0.398 e. The SMILES string of the molecule is N#C/C(=C/NC(c1ccccc1)c1ccccc1)C(=O)Nc1ccc(N)c(Cl)c1. The monoisotopic (exact) mass is 402 g/mol. The number of benzene rings is 3. The average molecular weight is 403 g/mol. The molecule has 0 saturated carbocycles. The van der Waals surface area contributed by atoms with Gasteiger partial charge in [-0.15, -0.1) is 0 Å². The molecule has 144 valence electrons. The first-order valence-corrected chi connectivity index (χ1v) is 9.29. The number of nitrogens with two attached hydrogens (primary N) is 1. The van der Waals surface area contributed by atoms with Gasteiger partial charge in [-0.3, -0.25) is 4.79 Å². The summed E-state index contributed by atoms with van der Waals surface area (Å²) in [5.41, 5.74) is 8.51. The fourth-order valence-corrected chi connectivity index (χ4v) is 2.98. The first-order valence-electron chi connectivity index (χ1n) is 8.91. The standard InChI is InChI=1S/C23H19ClN4O/c24-20-13-19(11-12-21(20)26)28-23(29)18(14-25)15-27-22(16-7-3-1-4-8-16)17-9-5-2-6-10-17/h1-13,15,22,27H,26H2,(H,28,29)/b18-15-. The molecule has 0 fully saturated rings. The largest absolute Gasteiger partial charge is 0.398 e. The van der Waals surface area contributed by atoms with Crippen molar-refractivity contribution >= 4 is 28.9 Å². The number of carbonyl (C=O) groups excluding carboxylic acids is 1. The van der Waals surface area contributed by atoms with Crippen molar-refractivity contribution in [2.75, 3.05) is 11.1 Å². The van der Waals surface area contributed by atoms with Crippen molar-refractivity contribution in [3.8, 4) is 6.07 Å². The van der Waals surface area contributed by atoms with Gasteiger partial charge in [-0.05, 0) is 29.3 Å². The summed E-state index contributed by atoms with van der Waals surface area (Å²) < 4.78 is 0. The van der Waals surface area contributed by atoms with Crippen LogP contribution in [0.3, 0.4) is 0 Å². The van der Waals surface area contributed by atoms with Crippen molar-refractivity contribution in [2.45, 2.75) is 6.04 Å². The van der Waals surface area contributed by atoms with Crippen LogP contribution >= 0.6 is 11.6 Å². The number of halogens is 1. The fourth-order valence-electron chi connectivity index (χ4n) is 2.79. The van der Waals surface area contributed by atoms with Crippen LogP contribution in [-0.2, 0) is 4.79 Å². The highest BCUT2D eigenvalue weighted by Crippen LogP contribution is 2.24. The lowest BCUT2D eigenvalue weighted by Gasteiger charge is -2.19. The van der Waals surface area contributed by atoms with E-state index in [9.17, 15) is 10.1 Å². The molecule has 1 amide bonds. The van der Waals surface area contributed by atoms with Crippen LogP contribution in [0.15, 0.2) is 90.6 Å². The zero-order valence-corrected chi connectivity index (χ0v) is 16.2. The Bertz CT molecular complexity index is 1020. The van der Waals surface area contributed by atoms with E-state index in [1.807, 2.05) is 66.7 Å². The van der Waals surface area contributed by atoms with Crippen molar-refractivity contribution in [2.24, 2.45) is 0 Å². The lowest BCUT2D eigenvalue weighted by atomic mass is 9.99. The lowest BCUT2D eigenvalue weighted by Crippen LogP contribution is -2.21. The van der Waals surface area contributed by atoms with Gasteiger partial charge in [0, 0.05) is 11.9 Å². The predicted octanol–water partition coefficient (Wildman–Crippen LogP) is 4.65. The molecule has 3 aromatic rings. The Morgan fingerprint density at radius 1 is 1.00 bits per heavy atom. The van der Waals surface area contributed by atoms with Crippen molar-refractivity contribution in [3.63, 3.8) is 0 Å². The van der Waals surface area contributed by atoms with Crippen LogP contribution in [0.2, 0.25) is 5.02 Å². The molecule has 0 bridgehead atoms. The summed E-state index contributed by atoms with van der Waals surface area (Å²) in [5.74, 6) is -0.541. The van der Waals surface area contributed by atoms with E-state index in [-0.39, 0.29) is 11.6 Å². The third kappa shape index (κ3) is 5.16. The Morgan fingerprint density at radius 2 is 1.59 bits per heavy atom. The molecule has 3 rings (SSSR count). The van der Waals surface area contributed by atoms with Gasteiger partial charge in [0.15, 0.2) is 0 Å². The second-order valence-electron chi connectivity index (χ2n) is 6.28. The minimum atomic E-state index is -0.541. The molecule has 0 unspecified atom stereocenters. The van der Waals surface area contributed by atoms with Gasteiger partial charge >= 0.3 is 0 Å². The van der Waals surface area contributed by atoms with Gasteiger partial charge in [0.1, 0.15) is 11.6 Å². The number of rotatable bonds is 6. The smallest absolute Gasteiger partial charge is 0.267 e. The highest BCUT2D eigenvalue weighted by atomic mass is 35.5. The van der Waals surface area contributed by atoms with Gasteiger partial charge in [-0.25, -0.2) is 0 Å². The van der Waals surface area contributed by atoms with E-state index in [2.05, 4.69) is 10.6 Å². The Morgan fingerprint density at radius 3 is 2.10 bits per heavy atom. The molecule has 6 heteroatoms. The zero-order valence-electron chi connectivity index (χ0n) is 15.5. The normalized spacial score (nSPS) is 11.0. The molecule has 0 aliphatic rings. The number of hydrogen-bond acceptors (Lipinski definition) is 4. The summed E-state index contributed by atoms with van der Waals surface area (Å²) in [6.45, 7) is 0. The minimum absolute atomic E-state index is 0.0604. The number of carbonyl (C=O) groups is 1. The molecule has 5 nitrogen and oxygen atoms in total. The molecule has 0 saturated heterocycles. The number of nitrogen functional groups attached to an aromatic ring is 1. The second kappa shape index (κ2) is 9.45. The van der Waals surface area contributed by atoms with Gasteiger partial charge in [0.25, 0.3) is 5.91 Å². The second-order valence-corrected chi connectivity index (χ2v) is 6.69. The molecule has 0 atom stereocenters. The summed E-state index contributed by atoms with van der Waals surface area (Å²) >= 11 is 5.98. The third-order valence-corrected chi connectivity index (χ3v) is 4.61. The number of amides is 1. The summed E-state index contributed by atoms with van der Waals surface area (Å²) in [7, 11) is 0. The van der Waals surface area contributed by atoms with E-state index < -0.39 is 5.91 Å². The van der Waals surface area contributed by atoms with E-state index in [4.69, 9.17) is 17.3 Å². The third-order valence-electron chi connectivity index (χ3n) is 4.28.